The summed E-state index contributed by atoms with van der Waals surface area (Å²) < 4.78 is 5.70. The number of carbonyl (C=O) groups excluding carboxylic acids is 2. The molecule has 0 bridgehead atoms. The molecule has 2 heterocycles. The quantitative estimate of drug-likeness (QED) is 0.174. The van der Waals surface area contributed by atoms with Crippen molar-refractivity contribution in [2.24, 2.45) is 0 Å². The fraction of sp³-hybridized carbons (Fsp3) is 0.167. The highest BCUT2D eigenvalue weighted by Crippen LogP contribution is 2.24. The van der Waals surface area contributed by atoms with Gasteiger partial charge in [-0.15, -0.1) is 10.2 Å². The Kier molecular flexibility index (Phi) is 8.98. The van der Waals surface area contributed by atoms with Crippen molar-refractivity contribution >= 4 is 34.2 Å². The topological polar surface area (TPSA) is 146 Å². The van der Waals surface area contributed by atoms with Crippen LogP contribution in [0.5, 0.6) is 0 Å². The monoisotopic (exact) mass is 627 g/mol. The van der Waals surface area contributed by atoms with Gasteiger partial charge in [-0.25, -0.2) is 0 Å². The smallest absolute Gasteiger partial charge is 0.291 e. The molecule has 0 saturated heterocycles. The van der Waals surface area contributed by atoms with E-state index in [4.69, 9.17) is 4.42 Å². The molecule has 236 valence electrons. The number of hydrogen-bond acceptors (Lipinski definition) is 8. The minimum absolute atomic E-state index is 0.141. The van der Waals surface area contributed by atoms with E-state index in [1.807, 2.05) is 50.2 Å². The molecule has 6 rings (SSSR count). The fourth-order valence-electron chi connectivity index (χ4n) is 5.21. The number of para-hydroxylation sites is 1. The number of tetrazole rings is 1. The summed E-state index contributed by atoms with van der Waals surface area (Å²) in [6.07, 6.45) is 0.837. The first-order valence-electron chi connectivity index (χ1n) is 15.1. The molecule has 2 amide bonds. The second kappa shape index (κ2) is 13.6. The van der Waals surface area contributed by atoms with Crippen molar-refractivity contribution in [3.05, 3.63) is 135 Å². The Bertz CT molecular complexity index is 2110. The number of rotatable bonds is 10. The fourth-order valence-corrected chi connectivity index (χ4v) is 5.21. The van der Waals surface area contributed by atoms with Crippen LogP contribution in [-0.2, 0) is 13.0 Å². The Morgan fingerprint density at radius 1 is 0.851 bits per heavy atom. The zero-order valence-corrected chi connectivity index (χ0v) is 26.2. The number of nitrogens with zero attached hydrogens (tertiary/aromatic N) is 4. The van der Waals surface area contributed by atoms with Crippen LogP contribution in [0.3, 0.4) is 0 Å². The molecule has 0 aliphatic rings. The van der Waals surface area contributed by atoms with Crippen LogP contribution in [0.4, 0.5) is 11.4 Å². The molecule has 0 spiro atoms. The predicted molar refractivity (Wildman–Crippen MR) is 180 cm³/mol. The normalized spacial score (nSPS) is 11.1. The van der Waals surface area contributed by atoms with Gasteiger partial charge in [0, 0.05) is 30.4 Å². The average molecular weight is 628 g/mol. The minimum atomic E-state index is -0.625. The third-order valence-corrected chi connectivity index (χ3v) is 7.99. The second-order valence-electron chi connectivity index (χ2n) is 11.5. The molecule has 11 nitrogen and oxygen atoms in total. The SMILES string of the molecule is Cc1cc(NC(=O)c2cc(=O)c3ccccc3o2)c(C(=O)Nc2ccc(CCN(C)Cc3ccc(-c4nn[nH]n4)cc3)cc2)cc1C. The molecule has 2 aromatic heterocycles. The number of aromatic amines is 1. The Balaban J connectivity index is 1.08. The number of H-pyrrole nitrogens is 1. The van der Waals surface area contributed by atoms with E-state index in [0.29, 0.717) is 33.7 Å². The molecule has 0 aliphatic heterocycles. The van der Waals surface area contributed by atoms with Gasteiger partial charge in [-0.1, -0.05) is 48.5 Å². The van der Waals surface area contributed by atoms with Crippen molar-refractivity contribution in [1.82, 2.24) is 25.5 Å². The summed E-state index contributed by atoms with van der Waals surface area (Å²) in [5.74, 6) is -0.571. The number of fused-ring (bicyclic) bond motifs is 1. The van der Waals surface area contributed by atoms with Gasteiger partial charge in [0.2, 0.25) is 5.82 Å². The van der Waals surface area contributed by atoms with E-state index >= 15 is 0 Å². The van der Waals surface area contributed by atoms with Crippen molar-refractivity contribution in [3.8, 4) is 11.4 Å². The van der Waals surface area contributed by atoms with Crippen LogP contribution in [0.25, 0.3) is 22.4 Å². The highest BCUT2D eigenvalue weighted by molar-refractivity contribution is 6.12. The summed E-state index contributed by atoms with van der Waals surface area (Å²) >= 11 is 0. The number of nitrogens with one attached hydrogen (secondary N) is 3. The molecule has 0 unspecified atom stereocenters. The average Bonchev–Trinajstić information content (AvgIpc) is 3.61. The number of aromatic nitrogens is 4. The van der Waals surface area contributed by atoms with Gasteiger partial charge < -0.3 is 20.0 Å². The van der Waals surface area contributed by atoms with Crippen LogP contribution >= 0.6 is 0 Å². The number of amides is 2. The molecular formula is C36H33N7O4. The highest BCUT2D eigenvalue weighted by Gasteiger charge is 2.19. The summed E-state index contributed by atoms with van der Waals surface area (Å²) in [7, 11) is 2.08. The third-order valence-electron chi connectivity index (χ3n) is 7.99. The van der Waals surface area contributed by atoms with E-state index < -0.39 is 5.91 Å². The Morgan fingerprint density at radius 2 is 1.57 bits per heavy atom. The lowest BCUT2D eigenvalue weighted by Gasteiger charge is -2.17. The molecule has 11 heteroatoms. The zero-order chi connectivity index (χ0) is 32.9. The van der Waals surface area contributed by atoms with Gasteiger partial charge in [-0.05, 0) is 91.2 Å². The molecule has 0 atom stereocenters. The number of aryl methyl sites for hydroxylation is 2. The maximum absolute atomic E-state index is 13.5. The van der Waals surface area contributed by atoms with Gasteiger partial charge in [0.1, 0.15) is 5.58 Å². The van der Waals surface area contributed by atoms with Crippen molar-refractivity contribution in [1.29, 1.82) is 0 Å². The van der Waals surface area contributed by atoms with Crippen LogP contribution in [-0.4, -0.2) is 50.9 Å². The van der Waals surface area contributed by atoms with Crippen molar-refractivity contribution in [2.45, 2.75) is 26.8 Å². The predicted octanol–water partition coefficient (Wildman–Crippen LogP) is 5.77. The summed E-state index contributed by atoms with van der Waals surface area (Å²) in [5, 5.41) is 20.2. The number of benzene rings is 4. The third kappa shape index (κ3) is 7.32. The molecular weight excluding hydrogens is 594 g/mol. The number of likely N-dealkylation sites (N-methyl/N-ethyl adjacent to an activating group) is 1. The van der Waals surface area contributed by atoms with E-state index in [2.05, 4.69) is 55.3 Å². The summed E-state index contributed by atoms with van der Waals surface area (Å²) in [6, 6.07) is 27.2. The van der Waals surface area contributed by atoms with Crippen molar-refractivity contribution in [3.63, 3.8) is 0 Å². The number of anilines is 2. The standard InChI is InChI=1S/C36H33N7O4/c1-22-18-29(30(19-23(22)2)38-36(46)33-20-31(44)28-6-4-5-7-32(28)47-33)35(45)37-27-14-10-24(11-15-27)16-17-43(3)21-25-8-12-26(13-9-25)34-39-41-42-40-34/h4-15,18-20H,16-17,21H2,1-3H3,(H,37,45)(H,38,46)(H,39,40,41,42). The van der Waals surface area contributed by atoms with Gasteiger partial charge in [0.05, 0.1) is 16.6 Å². The molecule has 0 radical (unpaired) electrons. The lowest BCUT2D eigenvalue weighted by Crippen LogP contribution is -2.21. The highest BCUT2D eigenvalue weighted by atomic mass is 16.3. The van der Waals surface area contributed by atoms with E-state index in [9.17, 15) is 14.4 Å². The van der Waals surface area contributed by atoms with E-state index in [1.165, 1.54) is 5.56 Å². The van der Waals surface area contributed by atoms with Gasteiger partial charge >= 0.3 is 0 Å². The number of carbonyl (C=O) groups is 2. The molecule has 6 aromatic rings. The van der Waals surface area contributed by atoms with Crippen LogP contribution in [0.1, 0.15) is 43.2 Å². The van der Waals surface area contributed by atoms with Gasteiger partial charge in [0.15, 0.2) is 11.2 Å². The lowest BCUT2D eigenvalue weighted by molar-refractivity contribution is 0.0997. The van der Waals surface area contributed by atoms with E-state index in [1.54, 1.807) is 36.4 Å². The molecule has 47 heavy (non-hydrogen) atoms. The van der Waals surface area contributed by atoms with Gasteiger partial charge in [-0.3, -0.25) is 14.4 Å². The molecule has 0 fully saturated rings. The van der Waals surface area contributed by atoms with Crippen LogP contribution in [0, 0.1) is 13.8 Å². The summed E-state index contributed by atoms with van der Waals surface area (Å²) in [6.45, 7) is 5.44. The first kappa shape index (κ1) is 31.1. The van der Waals surface area contributed by atoms with Crippen molar-refractivity contribution < 1.29 is 14.0 Å². The lowest BCUT2D eigenvalue weighted by atomic mass is 10.0. The molecule has 0 saturated carbocycles. The van der Waals surface area contributed by atoms with Gasteiger partial charge in [-0.2, -0.15) is 5.21 Å². The minimum Gasteiger partial charge on any atom is -0.451 e. The maximum Gasteiger partial charge on any atom is 0.291 e. The molecule has 0 aliphatic carbocycles. The Hall–Kier alpha value is -5.94. The van der Waals surface area contributed by atoms with Crippen molar-refractivity contribution in [2.75, 3.05) is 24.2 Å². The maximum atomic E-state index is 13.5. The zero-order valence-electron chi connectivity index (χ0n) is 26.2. The molecule has 4 aromatic carbocycles. The van der Waals surface area contributed by atoms with E-state index in [-0.39, 0.29) is 17.1 Å². The first-order chi connectivity index (χ1) is 22.7. The van der Waals surface area contributed by atoms with Crippen LogP contribution in [0.15, 0.2) is 100 Å². The Labute approximate surface area is 270 Å². The molecule has 3 N–H and O–H groups in total. The Morgan fingerprint density at radius 3 is 2.32 bits per heavy atom. The largest absolute Gasteiger partial charge is 0.451 e. The first-order valence-corrected chi connectivity index (χ1v) is 15.1. The summed E-state index contributed by atoms with van der Waals surface area (Å²) in [4.78, 5) is 41.4. The van der Waals surface area contributed by atoms with Gasteiger partial charge in [0.25, 0.3) is 11.8 Å². The number of hydrogen-bond donors (Lipinski definition) is 3. The summed E-state index contributed by atoms with van der Waals surface area (Å²) in [5.41, 5.74) is 6.25. The van der Waals surface area contributed by atoms with Crippen LogP contribution < -0.4 is 16.1 Å². The van der Waals surface area contributed by atoms with Crippen LogP contribution in [0.2, 0.25) is 0 Å². The second-order valence-corrected chi connectivity index (χ2v) is 11.5. The van der Waals surface area contributed by atoms with E-state index in [0.717, 1.165) is 47.8 Å².